The van der Waals surface area contributed by atoms with Gasteiger partial charge < -0.3 is 4.55 Å². The minimum Gasteiger partial charge on any atom is -0.744 e. The molecule has 0 amide bonds. The van der Waals surface area contributed by atoms with Gasteiger partial charge >= 0.3 is 0 Å². The molecule has 20 heavy (non-hydrogen) atoms. The molecule has 0 fully saturated rings. The van der Waals surface area contributed by atoms with E-state index in [0.717, 1.165) is 28.7 Å². The van der Waals surface area contributed by atoms with Crippen molar-refractivity contribution in [2.45, 2.75) is 4.90 Å². The van der Waals surface area contributed by atoms with E-state index in [9.17, 15) is 13.0 Å². The summed E-state index contributed by atoms with van der Waals surface area (Å²) < 4.78 is 35.5. The van der Waals surface area contributed by atoms with E-state index < -0.39 is 10.1 Å². The SMILES string of the molecule is O=S(=O)([O-])c1ccc2c(I)c3ccccc3c(I)c2c1. The zero-order valence-corrected chi connectivity index (χ0v) is 15.1. The molecule has 0 atom stereocenters. The molecule has 3 rings (SSSR count). The van der Waals surface area contributed by atoms with Crippen LogP contribution in [0.15, 0.2) is 47.4 Å². The Morgan fingerprint density at radius 2 is 1.30 bits per heavy atom. The zero-order chi connectivity index (χ0) is 14.5. The van der Waals surface area contributed by atoms with Crippen LogP contribution in [0.1, 0.15) is 0 Å². The summed E-state index contributed by atoms with van der Waals surface area (Å²) in [4.78, 5) is -0.186. The maximum Gasteiger partial charge on any atom is 0.124 e. The summed E-state index contributed by atoms with van der Waals surface area (Å²) in [6.45, 7) is 0. The molecule has 0 unspecified atom stereocenters. The van der Waals surface area contributed by atoms with Crippen LogP contribution in [0, 0.1) is 7.14 Å². The molecule has 3 nitrogen and oxygen atoms in total. The van der Waals surface area contributed by atoms with E-state index in [-0.39, 0.29) is 4.90 Å². The number of benzene rings is 3. The zero-order valence-electron chi connectivity index (χ0n) is 9.93. The molecule has 0 spiro atoms. The smallest absolute Gasteiger partial charge is 0.124 e. The summed E-state index contributed by atoms with van der Waals surface area (Å²) in [6, 6.07) is 12.5. The highest BCUT2D eigenvalue weighted by molar-refractivity contribution is 14.1. The third-order valence-electron chi connectivity index (χ3n) is 3.15. The van der Waals surface area contributed by atoms with E-state index in [1.165, 1.54) is 12.1 Å². The Labute approximate surface area is 143 Å². The maximum atomic E-state index is 11.2. The van der Waals surface area contributed by atoms with Crippen molar-refractivity contribution < 1.29 is 13.0 Å². The van der Waals surface area contributed by atoms with E-state index in [2.05, 4.69) is 45.2 Å². The second-order valence-corrected chi connectivity index (χ2v) is 7.87. The highest BCUT2D eigenvalue weighted by Gasteiger charge is 2.12. The van der Waals surface area contributed by atoms with Gasteiger partial charge in [0.2, 0.25) is 0 Å². The predicted octanol–water partition coefficient (Wildman–Crippen LogP) is 4.11. The van der Waals surface area contributed by atoms with Crippen LogP contribution in [0.4, 0.5) is 0 Å². The Hall–Kier alpha value is -0.450. The minimum absolute atomic E-state index is 0.186. The van der Waals surface area contributed by atoms with Crippen molar-refractivity contribution in [1.82, 2.24) is 0 Å². The molecule has 102 valence electrons. The fraction of sp³-hybridized carbons (Fsp3) is 0. The van der Waals surface area contributed by atoms with Crippen LogP contribution in [0.3, 0.4) is 0 Å². The van der Waals surface area contributed by atoms with Crippen molar-refractivity contribution in [2.75, 3.05) is 0 Å². The van der Waals surface area contributed by atoms with Crippen LogP contribution < -0.4 is 0 Å². The van der Waals surface area contributed by atoms with E-state index in [1.807, 2.05) is 24.3 Å². The maximum absolute atomic E-state index is 11.2. The molecule has 0 saturated heterocycles. The van der Waals surface area contributed by atoms with E-state index in [1.54, 1.807) is 6.07 Å². The normalized spacial score (nSPS) is 12.2. The number of fused-ring (bicyclic) bond motifs is 2. The quantitative estimate of drug-likeness (QED) is 0.282. The second kappa shape index (κ2) is 5.08. The Bertz CT molecular complexity index is 949. The summed E-state index contributed by atoms with van der Waals surface area (Å²) in [7, 11) is -4.43. The first-order chi connectivity index (χ1) is 9.39. The van der Waals surface area contributed by atoms with Gasteiger partial charge in [-0.25, -0.2) is 8.42 Å². The lowest BCUT2D eigenvalue weighted by molar-refractivity contribution is 0.463. The average molecular weight is 509 g/mol. The summed E-state index contributed by atoms with van der Waals surface area (Å²) in [5.74, 6) is 0. The summed E-state index contributed by atoms with van der Waals surface area (Å²) >= 11 is 4.45. The van der Waals surface area contributed by atoms with Crippen LogP contribution in [-0.2, 0) is 10.1 Å². The van der Waals surface area contributed by atoms with Crippen LogP contribution in [0.25, 0.3) is 21.5 Å². The van der Waals surface area contributed by atoms with E-state index in [4.69, 9.17) is 0 Å². The molecule has 3 aromatic carbocycles. The highest BCUT2D eigenvalue weighted by atomic mass is 127. The van der Waals surface area contributed by atoms with Gasteiger partial charge in [0.15, 0.2) is 0 Å². The number of hydrogen-bond acceptors (Lipinski definition) is 3. The molecule has 0 bridgehead atoms. The van der Waals surface area contributed by atoms with Gasteiger partial charge in [-0.2, -0.15) is 0 Å². The summed E-state index contributed by atoms with van der Waals surface area (Å²) in [5.41, 5.74) is 0. The molecule has 3 aromatic rings. The summed E-state index contributed by atoms with van der Waals surface area (Å²) in [6.07, 6.45) is 0. The van der Waals surface area contributed by atoms with Gasteiger partial charge in [0.05, 0.1) is 4.90 Å². The van der Waals surface area contributed by atoms with Crippen molar-refractivity contribution >= 4 is 76.8 Å². The lowest BCUT2D eigenvalue weighted by Gasteiger charge is -2.13. The van der Waals surface area contributed by atoms with Gasteiger partial charge in [-0.1, -0.05) is 30.3 Å². The van der Waals surface area contributed by atoms with Gasteiger partial charge in [0.1, 0.15) is 10.1 Å². The van der Waals surface area contributed by atoms with Gasteiger partial charge in [-0.05, 0) is 78.9 Å². The van der Waals surface area contributed by atoms with E-state index in [0.29, 0.717) is 0 Å². The number of hydrogen-bond donors (Lipinski definition) is 0. The van der Waals surface area contributed by atoms with Crippen LogP contribution in [0.2, 0.25) is 0 Å². The monoisotopic (exact) mass is 509 g/mol. The summed E-state index contributed by atoms with van der Waals surface area (Å²) in [5, 5.41) is 3.94. The van der Waals surface area contributed by atoms with Crippen LogP contribution in [0.5, 0.6) is 0 Å². The van der Waals surface area contributed by atoms with Crippen LogP contribution >= 0.6 is 45.2 Å². The van der Waals surface area contributed by atoms with Gasteiger partial charge in [0.25, 0.3) is 0 Å². The standard InChI is InChI=1S/C14H8I2O3S/c15-13-9-3-1-2-4-10(9)14(16)12-7-8(20(17,18)19)5-6-11(12)13/h1-7H,(H,17,18,19)/p-1. The molecule has 0 saturated carbocycles. The van der Waals surface area contributed by atoms with Gasteiger partial charge in [-0.15, -0.1) is 0 Å². The lowest BCUT2D eigenvalue weighted by atomic mass is 10.0. The fourth-order valence-corrected chi connectivity index (χ4v) is 4.56. The molecule has 0 aromatic heterocycles. The third kappa shape index (κ3) is 2.32. The first-order valence-corrected chi connectivity index (χ1v) is 9.21. The topological polar surface area (TPSA) is 57.2 Å². The first-order valence-electron chi connectivity index (χ1n) is 5.65. The lowest BCUT2D eigenvalue weighted by Crippen LogP contribution is -1.99. The Balaban J connectivity index is 2.53. The molecule has 0 heterocycles. The van der Waals surface area contributed by atoms with Crippen molar-refractivity contribution in [3.05, 3.63) is 49.6 Å². The third-order valence-corrected chi connectivity index (χ3v) is 6.31. The molecular formula is C14H7I2O3S-. The second-order valence-electron chi connectivity index (χ2n) is 4.34. The van der Waals surface area contributed by atoms with Gasteiger partial charge in [0, 0.05) is 7.14 Å². The molecule has 6 heteroatoms. The van der Waals surface area contributed by atoms with E-state index >= 15 is 0 Å². The number of halogens is 2. The molecule has 0 radical (unpaired) electrons. The van der Waals surface area contributed by atoms with Crippen molar-refractivity contribution in [1.29, 1.82) is 0 Å². The largest absolute Gasteiger partial charge is 0.744 e. The van der Waals surface area contributed by atoms with Crippen molar-refractivity contribution in [3.8, 4) is 0 Å². The molecule has 0 aliphatic rings. The average Bonchev–Trinajstić information content (AvgIpc) is 2.43. The molecule has 0 N–H and O–H groups in total. The predicted molar refractivity (Wildman–Crippen MR) is 94.9 cm³/mol. The molecular weight excluding hydrogens is 502 g/mol. The first kappa shape index (κ1) is 14.5. The fourth-order valence-electron chi connectivity index (χ4n) is 2.21. The van der Waals surface area contributed by atoms with Crippen molar-refractivity contribution in [2.24, 2.45) is 0 Å². The van der Waals surface area contributed by atoms with Gasteiger partial charge in [-0.3, -0.25) is 0 Å². The molecule has 0 aliphatic carbocycles. The Kier molecular flexibility index (Phi) is 3.68. The number of rotatable bonds is 1. The van der Waals surface area contributed by atoms with Crippen LogP contribution in [-0.4, -0.2) is 13.0 Å². The Morgan fingerprint density at radius 1 is 0.800 bits per heavy atom. The minimum atomic E-state index is -4.43. The molecule has 0 aliphatic heterocycles. The van der Waals surface area contributed by atoms with Crippen molar-refractivity contribution in [3.63, 3.8) is 0 Å². The Morgan fingerprint density at radius 3 is 1.85 bits per heavy atom. The highest BCUT2D eigenvalue weighted by Crippen LogP contribution is 2.35.